The van der Waals surface area contributed by atoms with Gasteiger partial charge in [-0.15, -0.1) is 0 Å². The first-order chi connectivity index (χ1) is 6.22. The SMILES string of the molecule is CNc1nc(C#N)c(C#N)nc1Cl. The molecule has 0 aliphatic heterocycles. The highest BCUT2D eigenvalue weighted by molar-refractivity contribution is 6.31. The Balaban J connectivity index is 3.39. The van der Waals surface area contributed by atoms with E-state index >= 15 is 0 Å². The number of nitriles is 2. The van der Waals surface area contributed by atoms with E-state index in [-0.39, 0.29) is 22.4 Å². The third-order valence-electron chi connectivity index (χ3n) is 1.30. The highest BCUT2D eigenvalue weighted by atomic mass is 35.5. The second-order valence-electron chi connectivity index (χ2n) is 2.03. The van der Waals surface area contributed by atoms with Crippen LogP contribution >= 0.6 is 11.6 Å². The highest BCUT2D eigenvalue weighted by Gasteiger charge is 2.10. The van der Waals surface area contributed by atoms with Gasteiger partial charge in [-0.1, -0.05) is 11.6 Å². The Morgan fingerprint density at radius 3 is 2.23 bits per heavy atom. The van der Waals surface area contributed by atoms with Gasteiger partial charge in [-0.3, -0.25) is 0 Å². The Morgan fingerprint density at radius 1 is 1.23 bits per heavy atom. The molecule has 0 spiro atoms. The molecule has 6 heteroatoms. The van der Waals surface area contributed by atoms with Crippen LogP contribution in [0, 0.1) is 22.7 Å². The van der Waals surface area contributed by atoms with E-state index in [4.69, 9.17) is 22.1 Å². The average molecular weight is 194 g/mol. The smallest absolute Gasteiger partial charge is 0.179 e. The molecule has 0 saturated carbocycles. The second-order valence-corrected chi connectivity index (χ2v) is 2.39. The van der Waals surface area contributed by atoms with Crippen molar-refractivity contribution >= 4 is 17.4 Å². The van der Waals surface area contributed by atoms with Crippen LogP contribution in [0.1, 0.15) is 11.4 Å². The van der Waals surface area contributed by atoms with Gasteiger partial charge in [0.25, 0.3) is 0 Å². The minimum absolute atomic E-state index is 0.0312. The van der Waals surface area contributed by atoms with Crippen molar-refractivity contribution in [1.29, 1.82) is 10.5 Å². The van der Waals surface area contributed by atoms with E-state index in [1.807, 2.05) is 0 Å². The maximum absolute atomic E-state index is 8.59. The molecule has 0 unspecified atom stereocenters. The lowest BCUT2D eigenvalue weighted by Gasteiger charge is -2.01. The zero-order valence-electron chi connectivity index (χ0n) is 6.67. The lowest BCUT2D eigenvalue weighted by atomic mass is 10.3. The zero-order chi connectivity index (χ0) is 9.84. The second kappa shape index (κ2) is 3.70. The number of nitrogens with one attached hydrogen (secondary N) is 1. The predicted molar refractivity (Wildman–Crippen MR) is 46.0 cm³/mol. The molecular formula is C7H4ClN5. The van der Waals surface area contributed by atoms with Gasteiger partial charge in [-0.2, -0.15) is 10.5 Å². The van der Waals surface area contributed by atoms with Crippen molar-refractivity contribution in [2.24, 2.45) is 0 Å². The summed E-state index contributed by atoms with van der Waals surface area (Å²) in [6, 6.07) is 3.48. The molecule has 1 aromatic heterocycles. The van der Waals surface area contributed by atoms with Crippen molar-refractivity contribution in [3.63, 3.8) is 0 Å². The maximum Gasteiger partial charge on any atom is 0.179 e. The van der Waals surface area contributed by atoms with Crippen LogP contribution in [-0.4, -0.2) is 17.0 Å². The summed E-state index contributed by atoms with van der Waals surface area (Å²) in [6.07, 6.45) is 0. The van der Waals surface area contributed by atoms with Gasteiger partial charge in [0.2, 0.25) is 0 Å². The summed E-state index contributed by atoms with van der Waals surface area (Å²) in [5.41, 5.74) is -0.0947. The fourth-order valence-corrected chi connectivity index (χ4v) is 0.951. The van der Waals surface area contributed by atoms with Crippen LogP contribution in [0.25, 0.3) is 0 Å². The maximum atomic E-state index is 8.59. The largest absolute Gasteiger partial charge is 0.371 e. The van der Waals surface area contributed by atoms with E-state index in [0.717, 1.165) is 0 Å². The zero-order valence-corrected chi connectivity index (χ0v) is 7.42. The van der Waals surface area contributed by atoms with Crippen molar-refractivity contribution in [3.8, 4) is 12.1 Å². The first-order valence-corrected chi connectivity index (χ1v) is 3.66. The van der Waals surface area contributed by atoms with Crippen LogP contribution in [-0.2, 0) is 0 Å². The van der Waals surface area contributed by atoms with Crippen molar-refractivity contribution < 1.29 is 0 Å². The molecule has 0 radical (unpaired) electrons. The third kappa shape index (κ3) is 1.66. The van der Waals surface area contributed by atoms with Crippen molar-refractivity contribution in [3.05, 3.63) is 16.5 Å². The topological polar surface area (TPSA) is 85.4 Å². The molecule has 0 atom stereocenters. The standard InChI is InChI=1S/C7H4ClN5/c1-11-7-6(8)12-4(2-9)5(3-10)13-7/h1H3,(H,11,13). The molecule has 1 heterocycles. The van der Waals surface area contributed by atoms with Crippen LogP contribution in [0.3, 0.4) is 0 Å². The number of nitrogens with zero attached hydrogens (tertiary/aromatic N) is 4. The normalized spacial score (nSPS) is 8.62. The monoisotopic (exact) mass is 193 g/mol. The summed E-state index contributed by atoms with van der Waals surface area (Å²) in [4.78, 5) is 7.48. The minimum Gasteiger partial charge on any atom is -0.371 e. The number of rotatable bonds is 1. The molecular weight excluding hydrogens is 190 g/mol. The van der Waals surface area contributed by atoms with Crippen LogP contribution in [0.15, 0.2) is 0 Å². The van der Waals surface area contributed by atoms with E-state index in [9.17, 15) is 0 Å². The van der Waals surface area contributed by atoms with Crippen molar-refractivity contribution in [2.75, 3.05) is 12.4 Å². The molecule has 0 saturated heterocycles. The van der Waals surface area contributed by atoms with Crippen LogP contribution in [0.5, 0.6) is 0 Å². The fraction of sp³-hybridized carbons (Fsp3) is 0.143. The van der Waals surface area contributed by atoms with Crippen molar-refractivity contribution in [1.82, 2.24) is 9.97 Å². The summed E-state index contributed by atoms with van der Waals surface area (Å²) in [7, 11) is 1.60. The minimum atomic E-state index is -0.0634. The fourth-order valence-electron chi connectivity index (χ4n) is 0.730. The lowest BCUT2D eigenvalue weighted by Crippen LogP contribution is -2.01. The van der Waals surface area contributed by atoms with E-state index < -0.39 is 0 Å². The van der Waals surface area contributed by atoms with Gasteiger partial charge in [0.1, 0.15) is 12.1 Å². The van der Waals surface area contributed by atoms with E-state index in [2.05, 4.69) is 15.3 Å². The van der Waals surface area contributed by atoms with Crippen LogP contribution in [0.2, 0.25) is 5.15 Å². The summed E-state index contributed by atoms with van der Waals surface area (Å²) in [6.45, 7) is 0. The number of anilines is 1. The summed E-state index contributed by atoms with van der Waals surface area (Å²) in [5, 5.41) is 19.9. The molecule has 5 nitrogen and oxygen atoms in total. The molecule has 0 fully saturated rings. The summed E-state index contributed by atoms with van der Waals surface area (Å²) >= 11 is 5.64. The van der Waals surface area contributed by atoms with Gasteiger partial charge in [0.15, 0.2) is 22.4 Å². The molecule has 64 valence electrons. The molecule has 0 aliphatic carbocycles. The highest BCUT2D eigenvalue weighted by Crippen LogP contribution is 2.17. The van der Waals surface area contributed by atoms with Gasteiger partial charge < -0.3 is 5.32 Å². The van der Waals surface area contributed by atoms with E-state index in [1.54, 1.807) is 19.2 Å². The molecule has 13 heavy (non-hydrogen) atoms. The Labute approximate surface area is 79.6 Å². The van der Waals surface area contributed by atoms with E-state index in [1.165, 1.54) is 0 Å². The average Bonchev–Trinajstić information content (AvgIpc) is 2.17. The van der Waals surface area contributed by atoms with Crippen LogP contribution in [0.4, 0.5) is 5.82 Å². The van der Waals surface area contributed by atoms with Gasteiger partial charge in [-0.25, -0.2) is 9.97 Å². The number of hydrogen-bond donors (Lipinski definition) is 1. The Bertz CT molecular complexity index is 414. The third-order valence-corrected chi connectivity index (χ3v) is 1.57. The molecule has 0 bridgehead atoms. The van der Waals surface area contributed by atoms with Gasteiger partial charge in [-0.05, 0) is 0 Å². The molecule has 1 N–H and O–H groups in total. The number of halogens is 1. The van der Waals surface area contributed by atoms with Crippen LogP contribution < -0.4 is 5.32 Å². The number of hydrogen-bond acceptors (Lipinski definition) is 5. The molecule has 0 aliphatic rings. The first kappa shape index (κ1) is 9.24. The molecule has 0 amide bonds. The predicted octanol–water partition coefficient (Wildman–Crippen LogP) is 0.915. The molecule has 1 rings (SSSR count). The van der Waals surface area contributed by atoms with Gasteiger partial charge in [0.05, 0.1) is 0 Å². The van der Waals surface area contributed by atoms with Gasteiger partial charge in [0, 0.05) is 7.05 Å². The number of aromatic nitrogens is 2. The first-order valence-electron chi connectivity index (χ1n) is 3.28. The quantitative estimate of drug-likeness (QED) is 0.717. The Hall–Kier alpha value is -1.85. The van der Waals surface area contributed by atoms with E-state index in [0.29, 0.717) is 0 Å². The molecule has 1 aromatic rings. The molecule has 0 aromatic carbocycles. The Kier molecular flexibility index (Phi) is 2.63. The van der Waals surface area contributed by atoms with Crippen molar-refractivity contribution in [2.45, 2.75) is 0 Å². The summed E-state index contributed by atoms with van der Waals surface area (Å²) in [5.74, 6) is 0.289. The summed E-state index contributed by atoms with van der Waals surface area (Å²) < 4.78 is 0. The lowest BCUT2D eigenvalue weighted by molar-refractivity contribution is 1.12. The Morgan fingerprint density at radius 2 is 1.77 bits per heavy atom. The van der Waals surface area contributed by atoms with Gasteiger partial charge >= 0.3 is 0 Å².